The minimum atomic E-state index is -0.963. The lowest BCUT2D eigenvalue weighted by Crippen LogP contribution is -2.37. The number of carboxylic acids is 4. The fourth-order valence-corrected chi connectivity index (χ4v) is 1.91. The Bertz CT molecular complexity index is 733. The second-order valence-electron chi connectivity index (χ2n) is 9.34. The fourth-order valence-electron chi connectivity index (χ4n) is 1.91. The third kappa shape index (κ3) is 29.2. The Labute approximate surface area is 234 Å². The second kappa shape index (κ2) is 24.6. The van der Waals surface area contributed by atoms with Crippen molar-refractivity contribution >= 4 is 35.7 Å². The third-order valence-corrected chi connectivity index (χ3v) is 4.82. The summed E-state index contributed by atoms with van der Waals surface area (Å²) in [7, 11) is 0. The van der Waals surface area contributed by atoms with Gasteiger partial charge in [0.25, 0.3) is 0 Å². The molecule has 1 aliphatic heterocycles. The largest absolute Gasteiger partial charge is 0.480 e. The Kier molecular flexibility index (Phi) is 26.9. The van der Waals surface area contributed by atoms with Gasteiger partial charge in [0.05, 0.1) is 6.04 Å². The van der Waals surface area contributed by atoms with Crippen LogP contribution in [0.5, 0.6) is 0 Å². The number of carbonyl (C=O) groups excluding carboxylic acids is 2. The van der Waals surface area contributed by atoms with Gasteiger partial charge in [-0.1, -0.05) is 27.7 Å². The minimum absolute atomic E-state index is 0.0208. The molecule has 0 aromatic heterocycles. The van der Waals surface area contributed by atoms with Crippen LogP contribution in [0, 0.1) is 11.8 Å². The van der Waals surface area contributed by atoms with Gasteiger partial charge in [-0.15, -0.1) is 0 Å². The smallest absolute Gasteiger partial charge is 0.320 e. The maximum absolute atomic E-state index is 10.3. The average molecular weight is 584 g/mol. The van der Waals surface area contributed by atoms with E-state index in [4.69, 9.17) is 54.8 Å². The van der Waals surface area contributed by atoms with Crippen LogP contribution in [0.25, 0.3) is 0 Å². The first-order chi connectivity index (χ1) is 18.1. The number of hydrogen-bond donors (Lipinski definition) is 11. The maximum atomic E-state index is 10.3. The lowest BCUT2D eigenvalue weighted by atomic mass is 10.1. The number of nitrogens with two attached hydrogens (primary N) is 6. The number of nitrogens with one attached hydrogen (secondary N) is 1. The van der Waals surface area contributed by atoms with Crippen molar-refractivity contribution in [2.75, 3.05) is 6.54 Å². The number of primary amides is 2. The van der Waals surface area contributed by atoms with Crippen LogP contribution in [-0.4, -0.2) is 92.9 Å². The van der Waals surface area contributed by atoms with E-state index in [1.807, 2.05) is 0 Å². The molecule has 1 aliphatic rings. The monoisotopic (exact) mass is 583 g/mol. The zero-order valence-electron chi connectivity index (χ0n) is 23.8. The molecule has 1 rings (SSSR count). The Morgan fingerprint density at radius 3 is 1.25 bits per heavy atom. The van der Waals surface area contributed by atoms with E-state index < -0.39 is 59.9 Å². The summed E-state index contributed by atoms with van der Waals surface area (Å²) in [5, 5.41) is 35.5. The van der Waals surface area contributed by atoms with Crippen LogP contribution in [0.4, 0.5) is 0 Å². The van der Waals surface area contributed by atoms with Gasteiger partial charge < -0.3 is 60.1 Å². The van der Waals surface area contributed by atoms with E-state index in [9.17, 15) is 28.8 Å². The van der Waals surface area contributed by atoms with Crippen LogP contribution in [0.15, 0.2) is 0 Å². The van der Waals surface area contributed by atoms with E-state index in [0.717, 1.165) is 19.4 Å². The molecule has 0 aromatic carbocycles. The van der Waals surface area contributed by atoms with Crippen LogP contribution in [0.2, 0.25) is 0 Å². The van der Waals surface area contributed by atoms with Crippen molar-refractivity contribution in [1.29, 1.82) is 0 Å². The summed E-state index contributed by atoms with van der Waals surface area (Å²) in [5.74, 6) is -4.59. The highest BCUT2D eigenvalue weighted by molar-refractivity contribution is 5.81. The van der Waals surface area contributed by atoms with Gasteiger partial charge in [-0.05, 0) is 44.6 Å². The van der Waals surface area contributed by atoms with Crippen LogP contribution >= 0.6 is 0 Å². The van der Waals surface area contributed by atoms with E-state index in [2.05, 4.69) is 5.32 Å². The predicted molar refractivity (Wildman–Crippen MR) is 146 cm³/mol. The number of carbonyl (C=O) groups is 6. The molecule has 0 bridgehead atoms. The van der Waals surface area contributed by atoms with Crippen molar-refractivity contribution in [2.24, 2.45) is 46.2 Å². The van der Waals surface area contributed by atoms with Crippen molar-refractivity contribution in [3.05, 3.63) is 0 Å². The molecule has 17 heteroatoms. The van der Waals surface area contributed by atoms with Crippen molar-refractivity contribution in [2.45, 2.75) is 90.5 Å². The van der Waals surface area contributed by atoms with Crippen molar-refractivity contribution in [3.63, 3.8) is 0 Å². The summed E-state index contributed by atoms with van der Waals surface area (Å²) >= 11 is 0. The molecule has 0 saturated carbocycles. The topological polar surface area (TPSA) is 351 Å². The van der Waals surface area contributed by atoms with Gasteiger partial charge in [0.15, 0.2) is 0 Å². The molecule has 5 atom stereocenters. The molecule has 1 heterocycles. The first kappa shape index (κ1) is 43.7. The molecule has 0 aliphatic carbocycles. The molecule has 17 nitrogen and oxygen atoms in total. The number of rotatable bonds is 10. The van der Waals surface area contributed by atoms with Gasteiger partial charge in [0.2, 0.25) is 11.8 Å². The van der Waals surface area contributed by atoms with E-state index >= 15 is 0 Å². The molecule has 0 spiro atoms. The zero-order chi connectivity index (χ0) is 32.7. The quantitative estimate of drug-likeness (QED) is 0.126. The zero-order valence-corrected chi connectivity index (χ0v) is 23.8. The van der Waals surface area contributed by atoms with Crippen LogP contribution < -0.4 is 39.7 Å². The predicted octanol–water partition coefficient (Wildman–Crippen LogP) is -2.59. The first-order valence-corrected chi connectivity index (χ1v) is 12.3. The number of amides is 2. The molecule has 236 valence electrons. The summed E-state index contributed by atoms with van der Waals surface area (Å²) in [4.78, 5) is 60.1. The van der Waals surface area contributed by atoms with E-state index in [1.54, 1.807) is 27.7 Å². The van der Waals surface area contributed by atoms with Gasteiger partial charge in [0.1, 0.15) is 24.2 Å². The molecular weight excluding hydrogens is 534 g/mol. The summed E-state index contributed by atoms with van der Waals surface area (Å²) in [6, 6.07) is -3.18. The highest BCUT2D eigenvalue weighted by Crippen LogP contribution is 2.03. The highest BCUT2D eigenvalue weighted by atomic mass is 16.4. The molecule has 40 heavy (non-hydrogen) atoms. The van der Waals surface area contributed by atoms with Gasteiger partial charge in [-0.2, -0.15) is 0 Å². The van der Waals surface area contributed by atoms with E-state index in [1.165, 1.54) is 6.92 Å². The van der Waals surface area contributed by atoms with E-state index in [0.29, 0.717) is 0 Å². The fraction of sp³-hybridized carbons (Fsp3) is 0.739. The van der Waals surface area contributed by atoms with E-state index in [-0.39, 0.29) is 30.7 Å². The number of aliphatic carboxylic acids is 4. The molecule has 0 aromatic rings. The van der Waals surface area contributed by atoms with Crippen LogP contribution in [0.1, 0.15) is 60.3 Å². The first-order valence-electron chi connectivity index (χ1n) is 12.3. The standard InChI is InChI=1S/C5H11N3O2.C5H9NO2.2C5H11NO2.C3H7NO2/c6-3(5(8)10)1-2-4(7)9;7-5(8)4-2-1-3-6-4;2*1-3(2)4(6)5(7)8;1-2(4)3(5)6/h3H,1-2,6H2,(H2,7,9)(H2,8,10);4,6H,1-3H2,(H,7,8);2*3-4H,6H2,1-2H3,(H,7,8);2H,4H2,1H3,(H,5,6)/t3-;3*4-;2-/m00000/s1. The lowest BCUT2D eigenvalue weighted by molar-refractivity contribution is -0.140. The molecule has 0 radical (unpaired) electrons. The second-order valence-corrected chi connectivity index (χ2v) is 9.34. The maximum Gasteiger partial charge on any atom is 0.320 e. The van der Waals surface area contributed by atoms with Crippen molar-refractivity contribution in [3.8, 4) is 0 Å². The Morgan fingerprint density at radius 2 is 1.12 bits per heavy atom. The third-order valence-electron chi connectivity index (χ3n) is 4.82. The summed E-state index contributed by atoms with van der Waals surface area (Å²) in [6.07, 6.45) is 2.11. The molecule has 1 fully saturated rings. The molecule has 1 saturated heterocycles. The summed E-state index contributed by atoms with van der Waals surface area (Å²) in [6.45, 7) is 9.38. The van der Waals surface area contributed by atoms with Gasteiger partial charge in [-0.3, -0.25) is 28.8 Å². The van der Waals surface area contributed by atoms with Crippen LogP contribution in [-0.2, 0) is 28.8 Å². The molecule has 0 unspecified atom stereocenters. The van der Waals surface area contributed by atoms with Gasteiger partial charge in [0, 0.05) is 6.42 Å². The summed E-state index contributed by atoms with van der Waals surface area (Å²) < 4.78 is 0. The number of hydrogen-bond acceptors (Lipinski definition) is 11. The minimum Gasteiger partial charge on any atom is -0.480 e. The van der Waals surface area contributed by atoms with Gasteiger partial charge >= 0.3 is 23.9 Å². The number of carboxylic acid groups (broad SMARTS) is 4. The molecule has 2 amide bonds. The molecular formula is C23H49N7O10. The Morgan fingerprint density at radius 1 is 0.750 bits per heavy atom. The van der Waals surface area contributed by atoms with Crippen molar-refractivity contribution < 1.29 is 49.2 Å². The van der Waals surface area contributed by atoms with Crippen molar-refractivity contribution in [1.82, 2.24) is 5.32 Å². The van der Waals surface area contributed by atoms with Gasteiger partial charge in [-0.25, -0.2) is 0 Å². The average Bonchev–Trinajstić information content (AvgIpc) is 3.38. The lowest BCUT2D eigenvalue weighted by Gasteiger charge is -2.07. The van der Waals surface area contributed by atoms with Crippen LogP contribution in [0.3, 0.4) is 0 Å². The SMILES string of the molecule is CC(C)[C@H](N)C(=O)O.CC(C)[C@H](N)C(=O)O.C[C@H](N)C(=O)O.NC(=O)CC[C@H](N)C(N)=O.O=C(O)[C@@H]1CCCN1. The highest BCUT2D eigenvalue weighted by Gasteiger charge is 2.20. The normalized spacial score (nSPS) is 16.4. The summed E-state index contributed by atoms with van der Waals surface area (Å²) in [5.41, 5.74) is 29.9. The molecule has 17 N–H and O–H groups in total. The Balaban J connectivity index is -0.000000204. The Hall–Kier alpha value is -3.38.